The van der Waals surface area contributed by atoms with Gasteiger partial charge in [0.25, 0.3) is 5.56 Å². The lowest BCUT2D eigenvalue weighted by Crippen LogP contribution is -2.33. The minimum Gasteiger partial charge on any atom is -0.339 e. The molecule has 0 aromatic carbocycles. The van der Waals surface area contributed by atoms with E-state index >= 15 is 0 Å². The summed E-state index contributed by atoms with van der Waals surface area (Å²) in [6, 6.07) is 5.83. The number of aromatic nitrogens is 2. The van der Waals surface area contributed by atoms with Crippen LogP contribution in [-0.2, 0) is 24.3 Å². The fraction of sp³-hybridized carbons (Fsp3) is 0.312. The van der Waals surface area contributed by atoms with E-state index in [9.17, 15) is 9.59 Å². The zero-order valence-corrected chi connectivity index (χ0v) is 14.6. The first-order chi connectivity index (χ1) is 11.1. The molecule has 0 saturated heterocycles. The van der Waals surface area contributed by atoms with Crippen LogP contribution in [0.3, 0.4) is 0 Å². The van der Waals surface area contributed by atoms with Crippen molar-refractivity contribution < 1.29 is 4.79 Å². The number of carbonyl (C=O) groups is 1. The van der Waals surface area contributed by atoms with Crippen LogP contribution in [0.1, 0.15) is 16.7 Å². The van der Waals surface area contributed by atoms with E-state index in [0.717, 1.165) is 21.0 Å². The number of hydrogen-bond acceptors (Lipinski definition) is 5. The highest BCUT2D eigenvalue weighted by atomic mass is 32.1. The summed E-state index contributed by atoms with van der Waals surface area (Å²) in [4.78, 5) is 33.8. The van der Waals surface area contributed by atoms with E-state index < -0.39 is 0 Å². The van der Waals surface area contributed by atoms with Crippen LogP contribution in [-0.4, -0.2) is 27.4 Å². The van der Waals surface area contributed by atoms with Gasteiger partial charge in [-0.1, -0.05) is 13.0 Å². The molecule has 3 aromatic rings. The third kappa shape index (κ3) is 3.35. The van der Waals surface area contributed by atoms with Gasteiger partial charge in [0.15, 0.2) is 0 Å². The first kappa shape index (κ1) is 15.9. The predicted octanol–water partition coefficient (Wildman–Crippen LogP) is 2.74. The number of likely N-dealkylation sites (N-methyl/N-ethyl adjacent to an activating group) is 1. The second-order valence-corrected chi connectivity index (χ2v) is 7.44. The van der Waals surface area contributed by atoms with Crippen LogP contribution < -0.4 is 5.56 Å². The lowest BCUT2D eigenvalue weighted by molar-refractivity contribution is -0.131. The summed E-state index contributed by atoms with van der Waals surface area (Å²) in [5.74, 6) is -0.104. The molecule has 0 spiro atoms. The van der Waals surface area contributed by atoms with Gasteiger partial charge in [-0.2, -0.15) is 0 Å². The lowest BCUT2D eigenvalue weighted by Gasteiger charge is -2.16. The number of hydrogen-bond donors (Lipinski definition) is 0. The van der Waals surface area contributed by atoms with E-state index in [1.54, 1.807) is 23.3 Å². The first-order valence-electron chi connectivity index (χ1n) is 7.32. The van der Waals surface area contributed by atoms with Gasteiger partial charge in [-0.05, 0) is 23.9 Å². The highest BCUT2D eigenvalue weighted by Crippen LogP contribution is 2.21. The summed E-state index contributed by atoms with van der Waals surface area (Å²) >= 11 is 3.14. The van der Waals surface area contributed by atoms with Crippen LogP contribution >= 0.6 is 22.7 Å². The molecule has 7 heteroatoms. The smallest absolute Gasteiger partial charge is 0.262 e. The van der Waals surface area contributed by atoms with Crippen molar-refractivity contribution in [1.82, 2.24) is 14.5 Å². The second-order valence-electron chi connectivity index (χ2n) is 5.29. The minimum atomic E-state index is -0.149. The summed E-state index contributed by atoms with van der Waals surface area (Å²) in [5, 5.41) is 2.58. The van der Waals surface area contributed by atoms with Crippen LogP contribution in [0.5, 0.6) is 0 Å². The number of amides is 1. The number of rotatable bonds is 5. The Morgan fingerprint density at radius 2 is 2.22 bits per heavy atom. The van der Waals surface area contributed by atoms with Crippen molar-refractivity contribution in [2.24, 2.45) is 0 Å². The Hall–Kier alpha value is -1.99. The minimum absolute atomic E-state index is 0.0148. The summed E-state index contributed by atoms with van der Waals surface area (Å²) in [5.41, 5.74) is -0.149. The predicted molar refractivity (Wildman–Crippen MR) is 94.1 cm³/mol. The molecule has 0 aliphatic carbocycles. The summed E-state index contributed by atoms with van der Waals surface area (Å²) in [7, 11) is 1.75. The number of fused-ring (bicyclic) bond motifs is 1. The van der Waals surface area contributed by atoms with Gasteiger partial charge >= 0.3 is 0 Å². The molecule has 1 amide bonds. The van der Waals surface area contributed by atoms with Crippen molar-refractivity contribution in [3.8, 4) is 0 Å². The maximum Gasteiger partial charge on any atom is 0.262 e. The average Bonchev–Trinajstić information content (AvgIpc) is 3.19. The molecule has 0 unspecified atom stereocenters. The molecule has 0 bridgehead atoms. The number of aryl methyl sites for hydroxylation is 1. The Morgan fingerprint density at radius 1 is 1.39 bits per heavy atom. The van der Waals surface area contributed by atoms with Crippen LogP contribution in [0, 0.1) is 0 Å². The van der Waals surface area contributed by atoms with E-state index in [1.165, 1.54) is 22.2 Å². The Labute approximate surface area is 141 Å². The van der Waals surface area contributed by atoms with Crippen LogP contribution in [0.15, 0.2) is 34.7 Å². The third-order valence-electron chi connectivity index (χ3n) is 3.62. The van der Waals surface area contributed by atoms with Gasteiger partial charge in [0.05, 0.1) is 18.3 Å². The summed E-state index contributed by atoms with van der Waals surface area (Å²) in [6.07, 6.45) is 2.35. The van der Waals surface area contributed by atoms with Crippen molar-refractivity contribution in [2.45, 2.75) is 26.4 Å². The molecule has 0 radical (unpaired) electrons. The quantitative estimate of drug-likeness (QED) is 0.713. The molecule has 0 N–H and O–H groups in total. The monoisotopic (exact) mass is 347 g/mol. The zero-order chi connectivity index (χ0) is 16.4. The number of carbonyl (C=O) groups excluding carboxylic acids is 1. The molecule has 120 valence electrons. The second kappa shape index (κ2) is 6.64. The molecule has 3 aromatic heterocycles. The van der Waals surface area contributed by atoms with Crippen LogP contribution in [0.2, 0.25) is 0 Å². The summed E-state index contributed by atoms with van der Waals surface area (Å²) in [6.45, 7) is 2.62. The standard InChI is InChI=1S/C16H17N3O2S2/c1-3-11-7-13-15(23-11)17-10-19(16(13)21)9-14(20)18(2)8-12-5-4-6-22-12/h4-7,10H,3,8-9H2,1-2H3. The van der Waals surface area contributed by atoms with Gasteiger partial charge in [-0.3, -0.25) is 14.2 Å². The average molecular weight is 347 g/mol. The molecular weight excluding hydrogens is 330 g/mol. The molecule has 23 heavy (non-hydrogen) atoms. The van der Waals surface area contributed by atoms with E-state index in [2.05, 4.69) is 4.98 Å². The van der Waals surface area contributed by atoms with E-state index in [-0.39, 0.29) is 18.0 Å². The molecule has 0 aliphatic rings. The molecule has 0 fully saturated rings. The Morgan fingerprint density at radius 3 is 2.91 bits per heavy atom. The Kier molecular flexibility index (Phi) is 4.58. The third-order valence-corrected chi connectivity index (χ3v) is 5.67. The van der Waals surface area contributed by atoms with Crippen molar-refractivity contribution in [3.63, 3.8) is 0 Å². The van der Waals surface area contributed by atoms with E-state index in [4.69, 9.17) is 0 Å². The fourth-order valence-electron chi connectivity index (χ4n) is 2.29. The highest BCUT2D eigenvalue weighted by molar-refractivity contribution is 7.18. The highest BCUT2D eigenvalue weighted by Gasteiger charge is 2.14. The molecule has 0 aliphatic heterocycles. The molecule has 5 nitrogen and oxygen atoms in total. The van der Waals surface area contributed by atoms with Crippen molar-refractivity contribution >= 4 is 38.8 Å². The van der Waals surface area contributed by atoms with Gasteiger partial charge in [0, 0.05) is 16.8 Å². The Bertz CT molecular complexity index is 881. The topological polar surface area (TPSA) is 55.2 Å². The van der Waals surface area contributed by atoms with Gasteiger partial charge in [-0.25, -0.2) is 4.98 Å². The van der Waals surface area contributed by atoms with Gasteiger partial charge in [0.1, 0.15) is 11.4 Å². The fourth-order valence-corrected chi connectivity index (χ4v) is 3.97. The maximum atomic E-state index is 12.5. The van der Waals surface area contributed by atoms with Crippen LogP contribution in [0.25, 0.3) is 10.2 Å². The maximum absolute atomic E-state index is 12.5. The Balaban J connectivity index is 1.79. The van der Waals surface area contributed by atoms with E-state index in [0.29, 0.717) is 11.9 Å². The normalized spacial score (nSPS) is 11.0. The van der Waals surface area contributed by atoms with Crippen molar-refractivity contribution in [2.75, 3.05) is 7.05 Å². The van der Waals surface area contributed by atoms with E-state index in [1.807, 2.05) is 30.5 Å². The van der Waals surface area contributed by atoms with Crippen molar-refractivity contribution in [3.05, 3.63) is 50.0 Å². The first-order valence-corrected chi connectivity index (χ1v) is 9.02. The number of nitrogens with zero attached hydrogens (tertiary/aromatic N) is 3. The largest absolute Gasteiger partial charge is 0.339 e. The molecule has 0 saturated carbocycles. The molecule has 3 heterocycles. The van der Waals surface area contributed by atoms with Gasteiger partial charge in [-0.15, -0.1) is 22.7 Å². The molecule has 3 rings (SSSR count). The molecule has 0 atom stereocenters. The van der Waals surface area contributed by atoms with Gasteiger partial charge in [0.2, 0.25) is 5.91 Å². The lowest BCUT2D eigenvalue weighted by atomic mass is 10.3. The van der Waals surface area contributed by atoms with Crippen LogP contribution in [0.4, 0.5) is 0 Å². The number of thiophene rings is 2. The zero-order valence-electron chi connectivity index (χ0n) is 13.0. The van der Waals surface area contributed by atoms with Gasteiger partial charge < -0.3 is 4.90 Å². The summed E-state index contributed by atoms with van der Waals surface area (Å²) < 4.78 is 1.39. The SMILES string of the molecule is CCc1cc2c(=O)n(CC(=O)N(C)Cc3cccs3)cnc2s1. The van der Waals surface area contributed by atoms with Crippen molar-refractivity contribution in [1.29, 1.82) is 0 Å². The molecular formula is C16H17N3O2S2.